The van der Waals surface area contributed by atoms with Crippen LogP contribution in [0.2, 0.25) is 0 Å². The minimum absolute atomic E-state index is 0.189. The van der Waals surface area contributed by atoms with Crippen molar-refractivity contribution in [1.29, 1.82) is 0 Å². The fourth-order valence-electron chi connectivity index (χ4n) is 4.31. The molecule has 4 rings (SSSR count). The van der Waals surface area contributed by atoms with Crippen LogP contribution in [-0.4, -0.2) is 64.4 Å². The highest BCUT2D eigenvalue weighted by Crippen LogP contribution is 2.22. The van der Waals surface area contributed by atoms with Crippen LogP contribution in [0, 0.1) is 5.92 Å². The molecule has 2 fully saturated rings. The normalized spacial score (nSPS) is 20.1. The molecule has 0 radical (unpaired) electrons. The minimum atomic E-state index is 0.189. The molecule has 3 heterocycles. The summed E-state index contributed by atoms with van der Waals surface area (Å²) < 4.78 is 2.07. The number of rotatable bonds is 6. The summed E-state index contributed by atoms with van der Waals surface area (Å²) in [5.74, 6) is 0.888. The summed E-state index contributed by atoms with van der Waals surface area (Å²) in [6, 6.07) is 6.08. The lowest BCUT2D eigenvalue weighted by atomic mass is 9.89. The Hall–Kier alpha value is -1.92. The van der Waals surface area contributed by atoms with Crippen molar-refractivity contribution in [3.63, 3.8) is 0 Å². The third kappa shape index (κ3) is 5.08. The van der Waals surface area contributed by atoms with Crippen molar-refractivity contribution in [3.05, 3.63) is 36.3 Å². The molecule has 0 aromatic carbocycles. The van der Waals surface area contributed by atoms with Gasteiger partial charge in [-0.1, -0.05) is 25.3 Å². The molecule has 146 valence electrons. The van der Waals surface area contributed by atoms with E-state index in [0.717, 1.165) is 50.6 Å². The van der Waals surface area contributed by atoms with Crippen LogP contribution in [0.5, 0.6) is 0 Å². The van der Waals surface area contributed by atoms with E-state index >= 15 is 0 Å². The van der Waals surface area contributed by atoms with Crippen LogP contribution in [0.3, 0.4) is 0 Å². The number of hydrogen-bond donors (Lipinski definition) is 1. The lowest BCUT2D eigenvalue weighted by molar-refractivity contribution is -0.122. The van der Waals surface area contributed by atoms with Gasteiger partial charge in [-0.25, -0.2) is 4.98 Å². The zero-order valence-electron chi connectivity index (χ0n) is 16.1. The van der Waals surface area contributed by atoms with E-state index in [1.165, 1.54) is 32.1 Å². The maximum absolute atomic E-state index is 12.2. The highest BCUT2D eigenvalue weighted by molar-refractivity contribution is 5.78. The molecular weight excluding hydrogens is 338 g/mol. The van der Waals surface area contributed by atoms with Crippen LogP contribution in [0.15, 0.2) is 30.6 Å². The van der Waals surface area contributed by atoms with Gasteiger partial charge in [-0.2, -0.15) is 0 Å². The number of pyridine rings is 1. The summed E-state index contributed by atoms with van der Waals surface area (Å²) in [4.78, 5) is 21.6. The van der Waals surface area contributed by atoms with Crippen LogP contribution in [0.25, 0.3) is 5.65 Å². The Kier molecular flexibility index (Phi) is 6.04. The molecule has 2 aliphatic rings. The third-order valence-corrected chi connectivity index (χ3v) is 5.94. The van der Waals surface area contributed by atoms with Gasteiger partial charge in [0.2, 0.25) is 5.91 Å². The van der Waals surface area contributed by atoms with Gasteiger partial charge in [-0.15, -0.1) is 0 Å². The largest absolute Gasteiger partial charge is 0.355 e. The summed E-state index contributed by atoms with van der Waals surface area (Å²) in [5.41, 5.74) is 2.11. The van der Waals surface area contributed by atoms with Crippen LogP contribution in [-0.2, 0) is 11.3 Å². The first-order chi connectivity index (χ1) is 13.3. The Morgan fingerprint density at radius 1 is 1.07 bits per heavy atom. The highest BCUT2D eigenvalue weighted by Gasteiger charge is 2.20. The molecule has 6 heteroatoms. The van der Waals surface area contributed by atoms with Gasteiger partial charge in [0.1, 0.15) is 5.65 Å². The van der Waals surface area contributed by atoms with Crippen molar-refractivity contribution < 1.29 is 4.79 Å². The number of nitrogens with zero attached hydrogens (tertiary/aromatic N) is 4. The van der Waals surface area contributed by atoms with Crippen molar-refractivity contribution in [2.24, 2.45) is 5.92 Å². The van der Waals surface area contributed by atoms with E-state index in [-0.39, 0.29) is 5.91 Å². The molecule has 0 bridgehead atoms. The first-order valence-corrected chi connectivity index (χ1v) is 10.4. The van der Waals surface area contributed by atoms with Gasteiger partial charge in [0.15, 0.2) is 0 Å². The Morgan fingerprint density at radius 3 is 2.63 bits per heavy atom. The van der Waals surface area contributed by atoms with Crippen molar-refractivity contribution in [2.45, 2.75) is 38.6 Å². The fourth-order valence-corrected chi connectivity index (χ4v) is 4.31. The first kappa shape index (κ1) is 18.4. The number of hydrogen-bond acceptors (Lipinski definition) is 4. The number of fused-ring (bicyclic) bond motifs is 1. The molecule has 2 aromatic rings. The molecule has 1 aliphatic carbocycles. The molecule has 1 saturated heterocycles. The molecule has 0 unspecified atom stereocenters. The molecular formula is C21H31N5O. The zero-order chi connectivity index (χ0) is 18.5. The highest BCUT2D eigenvalue weighted by atomic mass is 16.2. The number of carbonyl (C=O) groups excluding carboxylic acids is 1. The Bertz CT molecular complexity index is 711. The van der Waals surface area contributed by atoms with E-state index in [4.69, 9.17) is 0 Å². The van der Waals surface area contributed by atoms with Crippen molar-refractivity contribution in [1.82, 2.24) is 24.5 Å². The molecule has 1 amide bonds. The van der Waals surface area contributed by atoms with Gasteiger partial charge in [-0.3, -0.25) is 14.6 Å². The second-order valence-corrected chi connectivity index (χ2v) is 8.06. The number of aromatic nitrogens is 2. The topological polar surface area (TPSA) is 52.9 Å². The molecule has 0 spiro atoms. The SMILES string of the molecule is O=C(CN1CCN(Cc2cn3ccccc3n2)CC1)NCC1CCCCC1. The fraction of sp³-hybridized carbons (Fsp3) is 0.619. The van der Waals surface area contributed by atoms with Crippen LogP contribution < -0.4 is 5.32 Å². The second-order valence-electron chi connectivity index (χ2n) is 8.06. The zero-order valence-corrected chi connectivity index (χ0v) is 16.1. The van der Waals surface area contributed by atoms with Crippen molar-refractivity contribution in [3.8, 4) is 0 Å². The van der Waals surface area contributed by atoms with Crippen molar-refractivity contribution >= 4 is 11.6 Å². The maximum atomic E-state index is 12.2. The number of carbonyl (C=O) groups is 1. The average molecular weight is 370 g/mol. The molecule has 1 aliphatic heterocycles. The smallest absolute Gasteiger partial charge is 0.234 e. The van der Waals surface area contributed by atoms with Crippen LogP contribution >= 0.6 is 0 Å². The van der Waals surface area contributed by atoms with Gasteiger partial charge in [0, 0.05) is 51.7 Å². The third-order valence-electron chi connectivity index (χ3n) is 5.94. The van der Waals surface area contributed by atoms with E-state index in [0.29, 0.717) is 12.5 Å². The number of nitrogens with one attached hydrogen (secondary N) is 1. The van der Waals surface area contributed by atoms with Crippen LogP contribution in [0.1, 0.15) is 37.8 Å². The van der Waals surface area contributed by atoms with Crippen LogP contribution in [0.4, 0.5) is 0 Å². The van der Waals surface area contributed by atoms with E-state index in [1.54, 1.807) is 0 Å². The maximum Gasteiger partial charge on any atom is 0.234 e. The van der Waals surface area contributed by atoms with E-state index in [9.17, 15) is 4.79 Å². The second kappa shape index (κ2) is 8.85. The predicted octanol–water partition coefficient (Wildman–Crippen LogP) is 2.15. The predicted molar refractivity (Wildman–Crippen MR) is 106 cm³/mol. The molecule has 1 saturated carbocycles. The van der Waals surface area contributed by atoms with E-state index in [1.807, 2.05) is 24.4 Å². The first-order valence-electron chi connectivity index (χ1n) is 10.4. The lowest BCUT2D eigenvalue weighted by Crippen LogP contribution is -2.49. The molecule has 0 atom stereocenters. The van der Waals surface area contributed by atoms with Gasteiger partial charge < -0.3 is 9.72 Å². The molecule has 27 heavy (non-hydrogen) atoms. The summed E-state index contributed by atoms with van der Waals surface area (Å²) in [6.07, 6.45) is 10.7. The van der Waals surface area contributed by atoms with Gasteiger partial charge in [0.25, 0.3) is 0 Å². The Labute approximate surface area is 161 Å². The Morgan fingerprint density at radius 2 is 1.85 bits per heavy atom. The molecule has 1 N–H and O–H groups in total. The number of piperazine rings is 1. The summed E-state index contributed by atoms with van der Waals surface area (Å²) in [6.45, 7) is 6.16. The summed E-state index contributed by atoms with van der Waals surface area (Å²) >= 11 is 0. The molecule has 6 nitrogen and oxygen atoms in total. The quantitative estimate of drug-likeness (QED) is 0.848. The van der Waals surface area contributed by atoms with E-state index < -0.39 is 0 Å². The van der Waals surface area contributed by atoms with Gasteiger partial charge in [-0.05, 0) is 30.9 Å². The Balaban J connectivity index is 1.17. The number of amides is 1. The lowest BCUT2D eigenvalue weighted by Gasteiger charge is -2.34. The summed E-state index contributed by atoms with van der Waals surface area (Å²) in [7, 11) is 0. The van der Waals surface area contributed by atoms with Gasteiger partial charge in [0.05, 0.1) is 12.2 Å². The standard InChI is InChI=1S/C21H31N5O/c27-21(22-14-18-6-2-1-3-7-18)17-25-12-10-24(11-13-25)15-19-16-26-9-5-4-8-20(26)23-19/h4-5,8-9,16,18H,1-3,6-7,10-15,17H2,(H,22,27). The summed E-state index contributed by atoms with van der Waals surface area (Å²) in [5, 5.41) is 3.16. The molecule has 2 aromatic heterocycles. The minimum Gasteiger partial charge on any atom is -0.355 e. The van der Waals surface area contributed by atoms with E-state index in [2.05, 4.69) is 30.7 Å². The monoisotopic (exact) mass is 369 g/mol. The average Bonchev–Trinajstić information content (AvgIpc) is 3.11. The van der Waals surface area contributed by atoms with Crippen molar-refractivity contribution in [2.75, 3.05) is 39.3 Å². The number of imidazole rings is 1. The van der Waals surface area contributed by atoms with Gasteiger partial charge >= 0.3 is 0 Å².